The van der Waals surface area contributed by atoms with Gasteiger partial charge in [-0.05, 0) is 45.9 Å². The third kappa shape index (κ3) is 7.76. The fraction of sp³-hybridized carbons (Fsp3) is 0.909. The Hall–Kier alpha value is -1.18. The minimum atomic E-state index is -0.755. The van der Waals surface area contributed by atoms with Crippen LogP contribution in [0.2, 0.25) is 0 Å². The minimum Gasteiger partial charge on any atom is -0.568 e. The van der Waals surface area contributed by atoms with Gasteiger partial charge in [0.1, 0.15) is 12.2 Å². The van der Waals surface area contributed by atoms with Gasteiger partial charge in [-0.25, -0.2) is 4.79 Å². The maximum atomic E-state index is 11.9. The molecule has 0 saturated carbocycles. The molecule has 8 heteroatoms. The van der Waals surface area contributed by atoms with Crippen LogP contribution >= 0.6 is 11.8 Å². The van der Waals surface area contributed by atoms with Crippen LogP contribution in [0.4, 0.5) is 4.79 Å². The van der Waals surface area contributed by atoms with Gasteiger partial charge < -0.3 is 14.8 Å². The van der Waals surface area contributed by atoms with E-state index in [1.54, 1.807) is 46.4 Å². The van der Waals surface area contributed by atoms with E-state index >= 15 is 0 Å². The lowest BCUT2D eigenvalue weighted by Crippen LogP contribution is -2.45. The predicted molar refractivity (Wildman–Crippen MR) is 73.6 cm³/mol. The van der Waals surface area contributed by atoms with Gasteiger partial charge in [-0.2, -0.15) is 11.8 Å². The molecular weight excluding hydrogens is 270 g/mol. The van der Waals surface area contributed by atoms with E-state index in [9.17, 15) is 10.0 Å². The Bertz CT molecular complexity index is 316. The van der Waals surface area contributed by atoms with Crippen LogP contribution in [-0.4, -0.2) is 46.3 Å². The van der Waals surface area contributed by atoms with Crippen LogP contribution in [0, 0.1) is 5.21 Å². The summed E-state index contributed by atoms with van der Waals surface area (Å²) in [6, 6.07) is -0.389. The number of carbonyl (C=O) groups excluding carboxylic acids is 1. The number of hydrogen-bond acceptors (Lipinski definition) is 6. The maximum absolute atomic E-state index is 11.9. The van der Waals surface area contributed by atoms with Gasteiger partial charge in [0, 0.05) is 5.75 Å². The number of ether oxygens (including phenoxy) is 1. The van der Waals surface area contributed by atoms with Crippen molar-refractivity contribution in [3.63, 3.8) is 0 Å². The zero-order valence-corrected chi connectivity index (χ0v) is 13.2. The molecule has 0 atom stereocenters. The average Bonchev–Trinajstić information content (AvgIpc) is 2.21. The molecule has 0 aromatic carbocycles. The zero-order chi connectivity index (χ0) is 15.1. The lowest BCUT2D eigenvalue weighted by molar-refractivity contribution is -0.699. The number of carbonyl (C=O) groups is 1. The molecule has 0 saturated heterocycles. The summed E-state index contributed by atoms with van der Waals surface area (Å²) in [7, 11) is 0. The van der Waals surface area contributed by atoms with Crippen molar-refractivity contribution >= 4 is 17.9 Å². The van der Waals surface area contributed by atoms with Gasteiger partial charge in [0.15, 0.2) is 0 Å². The molecule has 0 radical (unpaired) electrons. The molecule has 0 aliphatic rings. The van der Waals surface area contributed by atoms with E-state index in [4.69, 9.17) is 9.57 Å². The van der Waals surface area contributed by atoms with Crippen LogP contribution in [0.1, 0.15) is 34.6 Å². The fourth-order valence-electron chi connectivity index (χ4n) is 1.04. The molecule has 0 aromatic heterocycles. The summed E-state index contributed by atoms with van der Waals surface area (Å²) in [6.45, 7) is 8.86. The predicted octanol–water partition coefficient (Wildman–Crippen LogP) is 2.80. The second-order valence-corrected chi connectivity index (χ2v) is 6.06. The van der Waals surface area contributed by atoms with Crippen molar-refractivity contribution in [3.05, 3.63) is 5.21 Å². The Morgan fingerprint density at radius 1 is 1.47 bits per heavy atom. The Kier molecular flexibility index (Phi) is 7.58. The summed E-state index contributed by atoms with van der Waals surface area (Å²) in [6.07, 6.45) is 1.16. The van der Waals surface area contributed by atoms with Crippen molar-refractivity contribution in [3.8, 4) is 0 Å². The van der Waals surface area contributed by atoms with Crippen LogP contribution in [0.15, 0.2) is 5.28 Å². The molecule has 0 rings (SSSR count). The first-order chi connectivity index (χ1) is 8.69. The van der Waals surface area contributed by atoms with E-state index in [0.717, 1.165) is 5.01 Å². The molecule has 0 aliphatic heterocycles. The van der Waals surface area contributed by atoms with Gasteiger partial charge in [-0.15, -0.1) is 0 Å². The Labute approximate surface area is 118 Å². The van der Waals surface area contributed by atoms with Crippen molar-refractivity contribution in [2.75, 3.05) is 18.6 Å². The Balaban J connectivity index is 4.67. The van der Waals surface area contributed by atoms with E-state index in [1.165, 1.54) is 0 Å². The summed E-state index contributed by atoms with van der Waals surface area (Å²) in [5.74, 6) is 0.714. The van der Waals surface area contributed by atoms with Crippen molar-refractivity contribution in [2.45, 2.75) is 46.3 Å². The number of amides is 1. The monoisotopic (exact) mass is 293 g/mol. The Morgan fingerprint density at radius 3 is 2.47 bits per heavy atom. The van der Waals surface area contributed by atoms with Crippen molar-refractivity contribution < 1.29 is 19.3 Å². The number of rotatable bonds is 6. The molecule has 0 bridgehead atoms. The first kappa shape index (κ1) is 17.8. The highest BCUT2D eigenvalue weighted by Crippen LogP contribution is 2.12. The van der Waals surface area contributed by atoms with E-state index in [1.807, 2.05) is 6.26 Å². The SMILES string of the molecule is CSCCO/N=[N+](\[O-])N(C(=O)OC(C)(C)C)C(C)C. The molecule has 7 nitrogen and oxygen atoms in total. The van der Waals surface area contributed by atoms with Crippen LogP contribution < -0.4 is 0 Å². The highest BCUT2D eigenvalue weighted by molar-refractivity contribution is 7.98. The number of thioether (sulfide) groups is 1. The number of hydrazine groups is 1. The summed E-state index contributed by atoms with van der Waals surface area (Å²) in [4.78, 5) is 16.8. The molecule has 0 aromatic rings. The third-order valence-corrected chi connectivity index (χ3v) is 2.34. The standard InChI is InChI=1S/C11H23N3O4S/c1-9(2)13(10(15)18-11(3,4)5)14(16)12-17-7-8-19-6/h9H,7-8H2,1-6H3/b14-12-. The van der Waals surface area contributed by atoms with Crippen LogP contribution in [0.3, 0.4) is 0 Å². The van der Waals surface area contributed by atoms with E-state index in [2.05, 4.69) is 5.28 Å². The highest BCUT2D eigenvalue weighted by atomic mass is 32.2. The van der Waals surface area contributed by atoms with E-state index < -0.39 is 11.7 Å². The van der Waals surface area contributed by atoms with Crippen molar-refractivity contribution in [1.29, 1.82) is 0 Å². The summed E-state index contributed by atoms with van der Waals surface area (Å²) in [5.41, 5.74) is -0.676. The van der Waals surface area contributed by atoms with Gasteiger partial charge in [0.2, 0.25) is 5.28 Å². The second kappa shape index (κ2) is 8.08. The molecule has 0 unspecified atom stereocenters. The van der Waals surface area contributed by atoms with Gasteiger partial charge in [0.25, 0.3) is 0 Å². The van der Waals surface area contributed by atoms with Crippen LogP contribution in [0.25, 0.3) is 0 Å². The lowest BCUT2D eigenvalue weighted by atomic mass is 10.2. The molecule has 0 heterocycles. The molecule has 0 fully saturated rings. The van der Waals surface area contributed by atoms with E-state index in [0.29, 0.717) is 12.4 Å². The fourth-order valence-corrected chi connectivity index (χ4v) is 1.28. The summed E-state index contributed by atoms with van der Waals surface area (Å²) < 4.78 is 5.14. The quantitative estimate of drug-likeness (QED) is 0.326. The molecule has 112 valence electrons. The van der Waals surface area contributed by atoms with Crippen molar-refractivity contribution in [2.24, 2.45) is 5.28 Å². The first-order valence-electron chi connectivity index (χ1n) is 6.00. The van der Waals surface area contributed by atoms with Crippen LogP contribution in [0.5, 0.6) is 0 Å². The van der Waals surface area contributed by atoms with Crippen molar-refractivity contribution in [1.82, 2.24) is 5.01 Å². The largest absolute Gasteiger partial charge is 0.568 e. The van der Waals surface area contributed by atoms with Gasteiger partial charge in [-0.3, -0.25) is 0 Å². The third-order valence-electron chi connectivity index (χ3n) is 1.76. The van der Waals surface area contributed by atoms with E-state index in [-0.39, 0.29) is 11.0 Å². The first-order valence-corrected chi connectivity index (χ1v) is 7.39. The maximum Gasteiger partial charge on any atom is 0.467 e. The number of hydrogen-bond donors (Lipinski definition) is 0. The molecule has 0 aliphatic carbocycles. The normalized spacial score (nSPS) is 12.5. The lowest BCUT2D eigenvalue weighted by Gasteiger charge is -2.24. The Morgan fingerprint density at radius 2 is 2.05 bits per heavy atom. The molecule has 19 heavy (non-hydrogen) atoms. The highest BCUT2D eigenvalue weighted by Gasteiger charge is 2.32. The average molecular weight is 293 g/mol. The topological polar surface area (TPSA) is 77.2 Å². The second-order valence-electron chi connectivity index (χ2n) is 5.08. The smallest absolute Gasteiger partial charge is 0.467 e. The molecule has 0 spiro atoms. The van der Waals surface area contributed by atoms with Gasteiger partial charge in [-0.1, -0.05) is 0 Å². The molecular formula is C11H23N3O4S. The van der Waals surface area contributed by atoms with Gasteiger partial charge in [0.05, 0.1) is 11.0 Å². The molecule has 1 amide bonds. The minimum absolute atomic E-state index is 0.124. The number of nitrogens with zero attached hydrogens (tertiary/aromatic N) is 3. The summed E-state index contributed by atoms with van der Waals surface area (Å²) >= 11 is 1.57. The molecule has 0 N–H and O–H groups in total. The zero-order valence-electron chi connectivity index (χ0n) is 12.4. The van der Waals surface area contributed by atoms with Crippen LogP contribution in [-0.2, 0) is 9.57 Å². The summed E-state index contributed by atoms with van der Waals surface area (Å²) in [5, 5.41) is 15.9. The van der Waals surface area contributed by atoms with Gasteiger partial charge >= 0.3 is 6.09 Å².